The van der Waals surface area contributed by atoms with Gasteiger partial charge >= 0.3 is 0 Å². The molecule has 0 aromatic carbocycles. The molecule has 2 nitrogen and oxygen atoms in total. The van der Waals surface area contributed by atoms with E-state index in [0.717, 1.165) is 12.3 Å². The average molecular weight is 148 g/mol. The minimum absolute atomic E-state index is 1.06. The van der Waals surface area contributed by atoms with Crippen molar-refractivity contribution in [2.75, 3.05) is 26.4 Å². The van der Waals surface area contributed by atoms with Crippen LogP contribution in [0, 0.1) is 0 Å². The molecule has 0 aliphatic carbocycles. The van der Waals surface area contributed by atoms with Crippen LogP contribution in [0.2, 0.25) is 0 Å². The van der Waals surface area contributed by atoms with Crippen LogP contribution in [0.5, 0.6) is 0 Å². The van der Waals surface area contributed by atoms with Gasteiger partial charge in [0, 0.05) is 7.64 Å². The van der Waals surface area contributed by atoms with Crippen LogP contribution in [0.25, 0.3) is 0 Å². The summed E-state index contributed by atoms with van der Waals surface area (Å²) in [5, 5.41) is 0. The fourth-order valence-corrected chi connectivity index (χ4v) is 3.73. The lowest BCUT2D eigenvalue weighted by Gasteiger charge is -2.31. The molecule has 1 heterocycles. The Balaban J connectivity index is 2.51. The first-order valence-corrected chi connectivity index (χ1v) is 5.49. The highest BCUT2D eigenvalue weighted by Gasteiger charge is 2.30. The first kappa shape index (κ1) is 7.46. The third kappa shape index (κ3) is 1.43. The van der Waals surface area contributed by atoms with Gasteiger partial charge in [-0.3, -0.25) is 4.67 Å². The van der Waals surface area contributed by atoms with Gasteiger partial charge < -0.3 is 4.89 Å². The first-order valence-electron chi connectivity index (χ1n) is 3.43. The average Bonchev–Trinajstić information content (AvgIpc) is 2.16. The van der Waals surface area contributed by atoms with Gasteiger partial charge in [0.1, 0.15) is 0 Å². The summed E-state index contributed by atoms with van der Waals surface area (Å²) in [7, 11) is 2.41. The Morgan fingerprint density at radius 2 is 1.67 bits per heavy atom. The van der Waals surface area contributed by atoms with E-state index in [2.05, 4.69) is 0 Å². The van der Waals surface area contributed by atoms with Crippen LogP contribution in [-0.2, 0) is 0 Å². The lowest BCUT2D eigenvalue weighted by Crippen LogP contribution is -2.15. The smallest absolute Gasteiger partial charge is 0.0445 e. The molecule has 0 spiro atoms. The molecule has 0 amide bonds. The van der Waals surface area contributed by atoms with Gasteiger partial charge in [0.2, 0.25) is 0 Å². The standard InChI is InChI=1S/C6H15NOP/c1-7(2)9(8)5-3-4-6-9/h8H,3-6H2,1-2H3. The summed E-state index contributed by atoms with van der Waals surface area (Å²) >= 11 is 0. The van der Waals surface area contributed by atoms with Crippen molar-refractivity contribution < 1.29 is 4.89 Å². The Bertz CT molecular complexity index is 99.2. The molecule has 1 aliphatic rings. The van der Waals surface area contributed by atoms with Gasteiger partial charge in [0.05, 0.1) is 0 Å². The summed E-state index contributed by atoms with van der Waals surface area (Å²) in [6.45, 7) is 0. The highest BCUT2D eigenvalue weighted by atomic mass is 31.2. The Morgan fingerprint density at radius 3 is 1.89 bits per heavy atom. The highest BCUT2D eigenvalue weighted by Crippen LogP contribution is 2.61. The Hall–Kier alpha value is 0.350. The van der Waals surface area contributed by atoms with Gasteiger partial charge in [-0.1, -0.05) is 0 Å². The fraction of sp³-hybridized carbons (Fsp3) is 1.00. The number of hydrogen-bond donors (Lipinski definition) is 1. The second-order valence-electron chi connectivity index (χ2n) is 2.88. The monoisotopic (exact) mass is 148 g/mol. The van der Waals surface area contributed by atoms with E-state index in [9.17, 15) is 4.89 Å². The first-order chi connectivity index (χ1) is 4.15. The normalized spacial score (nSPS) is 25.3. The van der Waals surface area contributed by atoms with Crippen molar-refractivity contribution in [3.05, 3.63) is 0 Å². The zero-order valence-electron chi connectivity index (χ0n) is 6.17. The van der Waals surface area contributed by atoms with Crippen molar-refractivity contribution in [2.24, 2.45) is 0 Å². The molecule has 1 saturated heterocycles. The van der Waals surface area contributed by atoms with Gasteiger partial charge in [0.25, 0.3) is 0 Å². The summed E-state index contributed by atoms with van der Waals surface area (Å²) in [5.74, 6) is 0. The predicted octanol–water partition coefficient (Wildman–Crippen LogP) is 1.18. The van der Waals surface area contributed by atoms with Crippen molar-refractivity contribution in [1.29, 1.82) is 0 Å². The highest BCUT2D eigenvalue weighted by molar-refractivity contribution is 7.68. The van der Waals surface area contributed by atoms with Crippen LogP contribution in [0.15, 0.2) is 0 Å². The molecule has 3 heteroatoms. The van der Waals surface area contributed by atoms with Gasteiger partial charge in [0.15, 0.2) is 0 Å². The van der Waals surface area contributed by atoms with Crippen LogP contribution >= 0.6 is 7.64 Å². The van der Waals surface area contributed by atoms with Crippen LogP contribution in [0.4, 0.5) is 0 Å². The minimum Gasteiger partial charge on any atom is -0.365 e. The molecule has 1 radical (unpaired) electrons. The van der Waals surface area contributed by atoms with E-state index in [1.54, 1.807) is 0 Å². The van der Waals surface area contributed by atoms with Crippen LogP contribution in [-0.4, -0.2) is 36.0 Å². The maximum Gasteiger partial charge on any atom is 0.0445 e. The Morgan fingerprint density at radius 1 is 1.22 bits per heavy atom. The van der Waals surface area contributed by atoms with E-state index in [4.69, 9.17) is 0 Å². The molecule has 9 heavy (non-hydrogen) atoms. The molecule has 0 aromatic heterocycles. The van der Waals surface area contributed by atoms with Crippen LogP contribution in [0.3, 0.4) is 0 Å². The zero-order chi connectivity index (χ0) is 6.91. The van der Waals surface area contributed by atoms with Crippen molar-refractivity contribution >= 4 is 7.64 Å². The van der Waals surface area contributed by atoms with Gasteiger partial charge in [-0.15, -0.1) is 0 Å². The van der Waals surface area contributed by atoms with E-state index >= 15 is 0 Å². The Labute approximate surface area is 57.3 Å². The second-order valence-corrected chi connectivity index (χ2v) is 6.33. The van der Waals surface area contributed by atoms with Gasteiger partial charge in [-0.25, -0.2) is 0 Å². The van der Waals surface area contributed by atoms with E-state index in [-0.39, 0.29) is 0 Å². The SMILES string of the molecule is CN(C)[P]1(O)CCCC1. The topological polar surface area (TPSA) is 23.5 Å². The third-order valence-electron chi connectivity index (χ3n) is 2.03. The van der Waals surface area contributed by atoms with Crippen LogP contribution in [0.1, 0.15) is 12.8 Å². The molecule has 0 atom stereocenters. The van der Waals surface area contributed by atoms with Crippen molar-refractivity contribution in [2.45, 2.75) is 12.8 Å². The quantitative estimate of drug-likeness (QED) is 0.564. The van der Waals surface area contributed by atoms with E-state index in [0.29, 0.717) is 0 Å². The third-order valence-corrected chi connectivity index (χ3v) is 5.58. The summed E-state index contributed by atoms with van der Waals surface area (Å²) < 4.78 is 2.03. The molecule has 0 saturated carbocycles. The van der Waals surface area contributed by atoms with Crippen molar-refractivity contribution in [3.63, 3.8) is 0 Å². The molecule has 1 rings (SSSR count). The minimum atomic E-state index is -1.56. The molecule has 0 aromatic rings. The molecular formula is C6H15NOP. The largest absolute Gasteiger partial charge is 0.365 e. The molecule has 0 unspecified atom stereocenters. The molecule has 1 aliphatic heterocycles. The van der Waals surface area contributed by atoms with E-state index in [1.165, 1.54) is 12.8 Å². The van der Waals surface area contributed by atoms with Crippen LogP contribution < -0.4 is 0 Å². The summed E-state index contributed by atoms with van der Waals surface area (Å²) in [6.07, 6.45) is 4.56. The van der Waals surface area contributed by atoms with E-state index < -0.39 is 7.64 Å². The molecular weight excluding hydrogens is 133 g/mol. The van der Waals surface area contributed by atoms with Crippen molar-refractivity contribution in [3.8, 4) is 0 Å². The number of rotatable bonds is 1. The number of nitrogens with zero attached hydrogens (tertiary/aromatic N) is 1. The molecule has 1 N–H and O–H groups in total. The lowest BCUT2D eigenvalue weighted by molar-refractivity contribution is 0.505. The zero-order valence-corrected chi connectivity index (χ0v) is 7.06. The van der Waals surface area contributed by atoms with Gasteiger partial charge in [-0.2, -0.15) is 0 Å². The molecule has 55 valence electrons. The summed E-state index contributed by atoms with van der Waals surface area (Å²) in [5.41, 5.74) is 0. The summed E-state index contributed by atoms with van der Waals surface area (Å²) in [6, 6.07) is 0. The Kier molecular flexibility index (Phi) is 2.10. The van der Waals surface area contributed by atoms with Gasteiger partial charge in [-0.05, 0) is 39.3 Å². The maximum atomic E-state index is 9.81. The fourth-order valence-electron chi connectivity index (χ4n) is 1.24. The second kappa shape index (κ2) is 2.53. The predicted molar refractivity (Wildman–Crippen MR) is 41.8 cm³/mol. The summed E-state index contributed by atoms with van der Waals surface area (Å²) in [4.78, 5) is 9.81. The molecule has 0 bridgehead atoms. The maximum absolute atomic E-state index is 9.81. The number of hydrogen-bond acceptors (Lipinski definition) is 2. The van der Waals surface area contributed by atoms with E-state index in [1.807, 2.05) is 18.8 Å². The lowest BCUT2D eigenvalue weighted by atomic mass is 10.4. The van der Waals surface area contributed by atoms with Crippen molar-refractivity contribution in [1.82, 2.24) is 4.67 Å². The molecule has 1 fully saturated rings.